The van der Waals surface area contributed by atoms with Crippen molar-refractivity contribution in [1.29, 1.82) is 0 Å². The number of hydrogen-bond donors (Lipinski definition) is 0. The summed E-state index contributed by atoms with van der Waals surface area (Å²) in [7, 11) is 0. The van der Waals surface area contributed by atoms with Gasteiger partial charge in [-0.05, 0) is 19.1 Å². The van der Waals surface area contributed by atoms with E-state index in [4.69, 9.17) is 0 Å². The van der Waals surface area contributed by atoms with Crippen LogP contribution in [0.5, 0.6) is 0 Å². The van der Waals surface area contributed by atoms with Gasteiger partial charge in [-0.25, -0.2) is 0 Å². The molecule has 0 aliphatic heterocycles. The number of rotatable bonds is 4. The van der Waals surface area contributed by atoms with Crippen molar-refractivity contribution in [3.05, 3.63) is 40.7 Å². The molecule has 1 aromatic heterocycles. The molecule has 0 unspecified atom stereocenters. The molecule has 0 saturated heterocycles. The molecular weight excluding hydrogens is 194 g/mol. The molecule has 0 fully saturated rings. The monoisotopic (exact) mass is 205 g/mol. The van der Waals surface area contributed by atoms with Crippen LogP contribution in [0.1, 0.15) is 21.5 Å². The Morgan fingerprint density at radius 3 is 2.86 bits per heavy atom. The van der Waals surface area contributed by atoms with Gasteiger partial charge in [0.25, 0.3) is 0 Å². The number of aliphatic imine (C=N–C) groups is 1. The minimum absolute atomic E-state index is 0.728. The SMILES string of the molecule is C=CN=C/C(=C\C)c1ccc(C=O)s1. The Hall–Kier alpha value is -1.48. The summed E-state index contributed by atoms with van der Waals surface area (Å²) < 4.78 is 0. The second-order valence-corrected chi connectivity index (χ2v) is 3.64. The van der Waals surface area contributed by atoms with E-state index in [0.717, 1.165) is 21.6 Å². The zero-order valence-corrected chi connectivity index (χ0v) is 8.75. The number of nitrogens with zero attached hydrogens (tertiary/aromatic N) is 1. The number of carbonyl (C=O) groups is 1. The van der Waals surface area contributed by atoms with Gasteiger partial charge in [-0.1, -0.05) is 12.7 Å². The summed E-state index contributed by atoms with van der Waals surface area (Å²) in [5.74, 6) is 0. The van der Waals surface area contributed by atoms with E-state index in [2.05, 4.69) is 11.6 Å². The maximum absolute atomic E-state index is 10.5. The van der Waals surface area contributed by atoms with Gasteiger partial charge in [-0.3, -0.25) is 9.79 Å². The molecule has 72 valence electrons. The predicted molar refractivity (Wildman–Crippen MR) is 62.0 cm³/mol. The predicted octanol–water partition coefficient (Wildman–Crippen LogP) is 3.18. The lowest BCUT2D eigenvalue weighted by atomic mass is 10.2. The Labute approximate surface area is 87.3 Å². The van der Waals surface area contributed by atoms with Crippen LogP contribution in [-0.2, 0) is 0 Å². The lowest BCUT2D eigenvalue weighted by Gasteiger charge is -1.93. The van der Waals surface area contributed by atoms with Crippen molar-refractivity contribution in [2.45, 2.75) is 6.92 Å². The third kappa shape index (κ3) is 2.50. The van der Waals surface area contributed by atoms with Gasteiger partial charge >= 0.3 is 0 Å². The van der Waals surface area contributed by atoms with Crippen molar-refractivity contribution >= 4 is 29.4 Å². The fourth-order valence-corrected chi connectivity index (χ4v) is 1.85. The maximum atomic E-state index is 10.5. The highest BCUT2D eigenvalue weighted by molar-refractivity contribution is 7.15. The molecule has 14 heavy (non-hydrogen) atoms. The second kappa shape index (κ2) is 5.29. The van der Waals surface area contributed by atoms with Crippen LogP contribution in [0.2, 0.25) is 0 Å². The normalized spacial score (nSPS) is 11.9. The second-order valence-electron chi connectivity index (χ2n) is 2.52. The standard InChI is InChI=1S/C11H11NOS/c1-3-9(7-12-4-2)11-6-5-10(8-13)14-11/h3-8H,2H2,1H3/b9-3+,12-7?. The summed E-state index contributed by atoms with van der Waals surface area (Å²) in [5, 5.41) is 0. The first kappa shape index (κ1) is 10.6. The minimum Gasteiger partial charge on any atom is -0.297 e. The van der Waals surface area contributed by atoms with Crippen molar-refractivity contribution in [2.75, 3.05) is 0 Å². The molecule has 1 rings (SSSR count). The molecule has 1 heterocycles. The van der Waals surface area contributed by atoms with Gasteiger partial charge < -0.3 is 0 Å². The Kier molecular flexibility index (Phi) is 4.01. The van der Waals surface area contributed by atoms with Crippen molar-refractivity contribution < 1.29 is 4.79 Å². The molecular formula is C11H11NOS. The largest absolute Gasteiger partial charge is 0.297 e. The van der Waals surface area contributed by atoms with E-state index in [9.17, 15) is 4.79 Å². The van der Waals surface area contributed by atoms with Crippen molar-refractivity contribution in [2.24, 2.45) is 4.99 Å². The number of thiophene rings is 1. The average Bonchev–Trinajstić information content (AvgIpc) is 2.68. The van der Waals surface area contributed by atoms with Crippen LogP contribution in [0, 0.1) is 0 Å². The fraction of sp³-hybridized carbons (Fsp3) is 0.0909. The highest BCUT2D eigenvalue weighted by Crippen LogP contribution is 2.21. The van der Waals surface area contributed by atoms with Gasteiger partial charge in [0.15, 0.2) is 6.29 Å². The smallest absolute Gasteiger partial charge is 0.160 e. The third-order valence-corrected chi connectivity index (χ3v) is 2.72. The minimum atomic E-state index is 0.728. The topological polar surface area (TPSA) is 29.4 Å². The highest BCUT2D eigenvalue weighted by Gasteiger charge is 2.01. The van der Waals surface area contributed by atoms with Crippen molar-refractivity contribution in [1.82, 2.24) is 0 Å². The molecule has 0 aliphatic rings. The highest BCUT2D eigenvalue weighted by atomic mass is 32.1. The van der Waals surface area contributed by atoms with Crippen LogP contribution < -0.4 is 0 Å². The summed E-state index contributed by atoms with van der Waals surface area (Å²) in [5.41, 5.74) is 1.00. The average molecular weight is 205 g/mol. The Morgan fingerprint density at radius 2 is 2.36 bits per heavy atom. The van der Waals surface area contributed by atoms with Crippen LogP contribution in [0.15, 0.2) is 36.0 Å². The number of aldehydes is 1. The first-order valence-corrected chi connectivity index (χ1v) is 4.99. The van der Waals surface area contributed by atoms with E-state index in [-0.39, 0.29) is 0 Å². The number of allylic oxidation sites excluding steroid dienone is 2. The third-order valence-electron chi connectivity index (χ3n) is 1.66. The summed E-state index contributed by atoms with van der Waals surface area (Å²) in [6, 6.07) is 3.72. The fourth-order valence-electron chi connectivity index (χ4n) is 0.985. The molecule has 3 heteroatoms. The van der Waals surface area contributed by atoms with Crippen LogP contribution in [-0.4, -0.2) is 12.5 Å². The van der Waals surface area contributed by atoms with E-state index in [1.165, 1.54) is 17.5 Å². The first-order chi connectivity index (χ1) is 6.81. The molecule has 0 saturated carbocycles. The number of carbonyl (C=O) groups excluding carboxylic acids is 1. The number of hydrogen-bond acceptors (Lipinski definition) is 3. The van der Waals surface area contributed by atoms with E-state index in [1.807, 2.05) is 19.1 Å². The Morgan fingerprint density at radius 1 is 1.57 bits per heavy atom. The van der Waals surface area contributed by atoms with Gasteiger partial charge in [0.2, 0.25) is 0 Å². The lowest BCUT2D eigenvalue weighted by molar-refractivity contribution is 0.112. The zero-order valence-electron chi connectivity index (χ0n) is 7.93. The van der Waals surface area contributed by atoms with Crippen LogP contribution in [0.4, 0.5) is 0 Å². The van der Waals surface area contributed by atoms with Crippen LogP contribution in [0.25, 0.3) is 5.57 Å². The van der Waals surface area contributed by atoms with Gasteiger partial charge in [0.05, 0.1) is 4.88 Å². The van der Waals surface area contributed by atoms with Crippen molar-refractivity contribution in [3.8, 4) is 0 Å². The summed E-state index contributed by atoms with van der Waals surface area (Å²) in [6.45, 7) is 5.44. The van der Waals surface area contributed by atoms with Crippen LogP contribution in [0.3, 0.4) is 0 Å². The molecule has 1 aromatic rings. The molecule has 0 radical (unpaired) electrons. The van der Waals surface area contributed by atoms with Crippen LogP contribution >= 0.6 is 11.3 Å². The molecule has 0 spiro atoms. The molecule has 0 aromatic carbocycles. The summed E-state index contributed by atoms with van der Waals surface area (Å²) in [4.78, 5) is 16.2. The quantitative estimate of drug-likeness (QED) is 0.548. The lowest BCUT2D eigenvalue weighted by Crippen LogP contribution is -1.79. The zero-order chi connectivity index (χ0) is 10.4. The molecule has 0 N–H and O–H groups in total. The van der Waals surface area contributed by atoms with Gasteiger partial charge in [0.1, 0.15) is 0 Å². The summed E-state index contributed by atoms with van der Waals surface area (Å²) >= 11 is 1.45. The Bertz CT molecular complexity index is 388. The Balaban J connectivity index is 2.95. The van der Waals surface area contributed by atoms with E-state index in [1.54, 1.807) is 12.3 Å². The molecule has 0 amide bonds. The maximum Gasteiger partial charge on any atom is 0.160 e. The molecule has 0 bridgehead atoms. The molecule has 0 aliphatic carbocycles. The van der Waals surface area contributed by atoms with Gasteiger partial charge in [-0.15, -0.1) is 11.3 Å². The van der Waals surface area contributed by atoms with E-state index >= 15 is 0 Å². The summed E-state index contributed by atoms with van der Waals surface area (Å²) in [6.07, 6.45) is 6.02. The van der Waals surface area contributed by atoms with Gasteiger partial charge in [0, 0.05) is 22.9 Å². The van der Waals surface area contributed by atoms with E-state index in [0.29, 0.717) is 0 Å². The van der Waals surface area contributed by atoms with Gasteiger partial charge in [-0.2, -0.15) is 0 Å². The molecule has 0 atom stereocenters. The first-order valence-electron chi connectivity index (χ1n) is 4.17. The van der Waals surface area contributed by atoms with Crippen molar-refractivity contribution in [3.63, 3.8) is 0 Å². The van der Waals surface area contributed by atoms with E-state index < -0.39 is 0 Å². The molecule has 2 nitrogen and oxygen atoms in total.